The monoisotopic (exact) mass is 483 g/mol. The number of nitrogens with one attached hydrogen (secondary N) is 1. The lowest BCUT2D eigenvalue weighted by Gasteiger charge is -2.12. The predicted molar refractivity (Wildman–Crippen MR) is 128 cm³/mol. The molecule has 3 heterocycles. The van der Waals surface area contributed by atoms with Crippen molar-refractivity contribution < 1.29 is 4.79 Å². The van der Waals surface area contributed by atoms with Crippen molar-refractivity contribution in [3.8, 4) is 11.3 Å². The highest BCUT2D eigenvalue weighted by molar-refractivity contribution is 9.10. The molecule has 32 heavy (non-hydrogen) atoms. The molecule has 0 atom stereocenters. The molecule has 3 aromatic heterocycles. The van der Waals surface area contributed by atoms with E-state index in [2.05, 4.69) is 31.3 Å². The lowest BCUT2D eigenvalue weighted by molar-refractivity contribution is 0.102. The number of amides is 1. The Morgan fingerprint density at radius 3 is 2.66 bits per heavy atom. The molecule has 6 nitrogen and oxygen atoms in total. The molecule has 0 unspecified atom stereocenters. The number of benzene rings is 2. The first-order valence-corrected chi connectivity index (χ1v) is 10.8. The van der Waals surface area contributed by atoms with E-state index >= 15 is 0 Å². The molecule has 0 aliphatic carbocycles. The van der Waals surface area contributed by atoms with Crippen molar-refractivity contribution in [2.45, 2.75) is 6.54 Å². The van der Waals surface area contributed by atoms with Gasteiger partial charge in [0.15, 0.2) is 0 Å². The second kappa shape index (κ2) is 8.72. The van der Waals surface area contributed by atoms with Gasteiger partial charge < -0.3 is 5.32 Å². The van der Waals surface area contributed by atoms with Crippen molar-refractivity contribution in [3.05, 3.63) is 107 Å². The minimum absolute atomic E-state index is 0.193. The summed E-state index contributed by atoms with van der Waals surface area (Å²) in [6.07, 6.45) is 7.09. The molecule has 156 valence electrons. The van der Waals surface area contributed by atoms with Crippen LogP contribution in [0, 0.1) is 0 Å². The number of fused-ring (bicyclic) bond motifs is 1. The maximum atomic E-state index is 13.4. The number of carbonyl (C=O) groups excluding carboxylic acids is 1. The fraction of sp³-hybridized carbons (Fsp3) is 0.0400. The van der Waals surface area contributed by atoms with Crippen LogP contribution >= 0.6 is 15.9 Å². The first-order valence-electron chi connectivity index (χ1n) is 10.0. The number of carbonyl (C=O) groups is 1. The van der Waals surface area contributed by atoms with Crippen molar-refractivity contribution in [1.82, 2.24) is 19.7 Å². The van der Waals surface area contributed by atoms with Crippen LogP contribution in [0.3, 0.4) is 0 Å². The molecule has 7 heteroatoms. The summed E-state index contributed by atoms with van der Waals surface area (Å²) in [6.45, 7) is 0.633. The Hall–Kier alpha value is -3.84. The summed E-state index contributed by atoms with van der Waals surface area (Å²) in [5.41, 5.74) is 4.71. The van der Waals surface area contributed by atoms with E-state index in [1.165, 1.54) is 0 Å². The smallest absolute Gasteiger partial charge is 0.256 e. The van der Waals surface area contributed by atoms with Crippen molar-refractivity contribution >= 4 is 38.4 Å². The number of halogens is 1. The van der Waals surface area contributed by atoms with Gasteiger partial charge >= 0.3 is 0 Å². The number of anilines is 1. The van der Waals surface area contributed by atoms with E-state index in [-0.39, 0.29) is 5.91 Å². The van der Waals surface area contributed by atoms with Gasteiger partial charge in [0, 0.05) is 45.9 Å². The Labute approximate surface area is 193 Å². The van der Waals surface area contributed by atoms with Crippen molar-refractivity contribution in [2.24, 2.45) is 0 Å². The Kier molecular flexibility index (Phi) is 5.47. The maximum Gasteiger partial charge on any atom is 0.256 e. The van der Waals surface area contributed by atoms with Crippen LogP contribution in [-0.4, -0.2) is 25.7 Å². The SMILES string of the molecule is O=C(Nc1cccc(Cn2cccn2)c1)c1cc(-c2ccncc2)nc2ccc(Br)cc12. The summed E-state index contributed by atoms with van der Waals surface area (Å²) in [5.74, 6) is -0.193. The molecule has 5 aromatic rings. The zero-order valence-corrected chi connectivity index (χ0v) is 18.5. The normalized spacial score (nSPS) is 10.9. The molecular formula is C25H18BrN5O. The number of pyridine rings is 2. The topological polar surface area (TPSA) is 72.7 Å². The summed E-state index contributed by atoms with van der Waals surface area (Å²) in [7, 11) is 0. The summed E-state index contributed by atoms with van der Waals surface area (Å²) < 4.78 is 2.73. The van der Waals surface area contributed by atoms with Crippen LogP contribution in [0.15, 0.2) is 96.0 Å². The maximum absolute atomic E-state index is 13.4. The van der Waals surface area contributed by atoms with Gasteiger partial charge in [0.25, 0.3) is 5.91 Å². The molecule has 0 saturated carbocycles. The highest BCUT2D eigenvalue weighted by atomic mass is 79.9. The van der Waals surface area contributed by atoms with Gasteiger partial charge in [-0.2, -0.15) is 5.10 Å². The molecule has 0 aliphatic rings. The summed E-state index contributed by atoms with van der Waals surface area (Å²) in [4.78, 5) is 22.2. The van der Waals surface area contributed by atoms with E-state index in [4.69, 9.17) is 4.98 Å². The fourth-order valence-corrected chi connectivity index (χ4v) is 3.94. The van der Waals surface area contributed by atoms with Crippen LogP contribution in [0.25, 0.3) is 22.2 Å². The van der Waals surface area contributed by atoms with Crippen molar-refractivity contribution in [1.29, 1.82) is 0 Å². The highest BCUT2D eigenvalue weighted by Crippen LogP contribution is 2.28. The number of aromatic nitrogens is 4. The highest BCUT2D eigenvalue weighted by Gasteiger charge is 2.15. The van der Waals surface area contributed by atoms with Gasteiger partial charge in [-0.3, -0.25) is 14.5 Å². The third kappa shape index (κ3) is 4.29. The molecule has 2 aromatic carbocycles. The predicted octanol–water partition coefficient (Wildman–Crippen LogP) is 5.56. The summed E-state index contributed by atoms with van der Waals surface area (Å²) in [6, 6.07) is 21.0. The molecule has 0 aliphatic heterocycles. The molecule has 1 amide bonds. The average Bonchev–Trinajstić information content (AvgIpc) is 3.32. The van der Waals surface area contributed by atoms with Crippen LogP contribution in [-0.2, 0) is 6.54 Å². The second-order valence-corrected chi connectivity index (χ2v) is 8.23. The van der Waals surface area contributed by atoms with E-state index in [0.717, 1.165) is 37.9 Å². The molecule has 5 rings (SSSR count). The van der Waals surface area contributed by atoms with E-state index in [1.807, 2.05) is 77.6 Å². The van der Waals surface area contributed by atoms with Gasteiger partial charge in [-0.15, -0.1) is 0 Å². The number of hydrogen-bond donors (Lipinski definition) is 1. The van der Waals surface area contributed by atoms with Gasteiger partial charge in [0.05, 0.1) is 23.3 Å². The molecule has 0 radical (unpaired) electrons. The Bertz CT molecular complexity index is 1400. The average molecular weight is 484 g/mol. The molecule has 0 spiro atoms. The summed E-state index contributed by atoms with van der Waals surface area (Å²) in [5, 5.41) is 8.07. The van der Waals surface area contributed by atoms with E-state index in [1.54, 1.807) is 18.6 Å². The molecule has 0 bridgehead atoms. The van der Waals surface area contributed by atoms with Gasteiger partial charge in [0.2, 0.25) is 0 Å². The van der Waals surface area contributed by atoms with E-state index in [9.17, 15) is 4.79 Å². The second-order valence-electron chi connectivity index (χ2n) is 7.31. The first kappa shape index (κ1) is 20.1. The zero-order chi connectivity index (χ0) is 21.9. The van der Waals surface area contributed by atoms with Crippen LogP contribution in [0.2, 0.25) is 0 Å². The number of hydrogen-bond acceptors (Lipinski definition) is 4. The van der Waals surface area contributed by atoms with Crippen LogP contribution in [0.4, 0.5) is 5.69 Å². The van der Waals surface area contributed by atoms with Gasteiger partial charge in [-0.05, 0) is 60.2 Å². The van der Waals surface area contributed by atoms with Crippen LogP contribution in [0.5, 0.6) is 0 Å². The Morgan fingerprint density at radius 1 is 0.969 bits per heavy atom. The zero-order valence-electron chi connectivity index (χ0n) is 16.9. The summed E-state index contributed by atoms with van der Waals surface area (Å²) >= 11 is 3.51. The molecule has 1 N–H and O–H groups in total. The molecule has 0 fully saturated rings. The van der Waals surface area contributed by atoms with Crippen LogP contribution in [0.1, 0.15) is 15.9 Å². The molecular weight excluding hydrogens is 466 g/mol. The first-order chi connectivity index (χ1) is 15.7. The quantitative estimate of drug-likeness (QED) is 0.355. The number of rotatable bonds is 5. The van der Waals surface area contributed by atoms with Gasteiger partial charge in [-0.1, -0.05) is 28.1 Å². The standard InChI is InChI=1S/C25H18BrN5O/c26-19-5-6-23-21(14-19)22(15-24(30-23)18-7-10-27-11-8-18)25(32)29-20-4-1-3-17(13-20)16-31-12-2-9-28-31/h1-15H,16H2,(H,29,32). The Balaban J connectivity index is 1.51. The van der Waals surface area contributed by atoms with Crippen molar-refractivity contribution in [2.75, 3.05) is 5.32 Å². The lowest BCUT2D eigenvalue weighted by atomic mass is 10.0. The third-order valence-corrected chi connectivity index (χ3v) is 5.57. The van der Waals surface area contributed by atoms with Gasteiger partial charge in [-0.25, -0.2) is 4.98 Å². The van der Waals surface area contributed by atoms with E-state index < -0.39 is 0 Å². The molecule has 0 saturated heterocycles. The number of nitrogens with zero attached hydrogens (tertiary/aromatic N) is 4. The third-order valence-electron chi connectivity index (χ3n) is 5.08. The minimum atomic E-state index is -0.193. The van der Waals surface area contributed by atoms with E-state index in [0.29, 0.717) is 12.1 Å². The van der Waals surface area contributed by atoms with Crippen molar-refractivity contribution in [3.63, 3.8) is 0 Å². The minimum Gasteiger partial charge on any atom is -0.322 e. The van der Waals surface area contributed by atoms with Gasteiger partial charge in [0.1, 0.15) is 0 Å². The fourth-order valence-electron chi connectivity index (χ4n) is 3.58. The largest absolute Gasteiger partial charge is 0.322 e. The Morgan fingerprint density at radius 2 is 1.84 bits per heavy atom. The van der Waals surface area contributed by atoms with Crippen LogP contribution < -0.4 is 5.32 Å². The lowest BCUT2D eigenvalue weighted by Crippen LogP contribution is -2.13.